The zero-order chi connectivity index (χ0) is 31.9. The molecule has 0 unspecified atom stereocenters. The van der Waals surface area contributed by atoms with Gasteiger partial charge in [-0.25, -0.2) is 4.79 Å². The number of pyridine rings is 1. The van der Waals surface area contributed by atoms with Crippen molar-refractivity contribution in [2.75, 3.05) is 6.54 Å². The first kappa shape index (κ1) is 33.1. The number of hydrogen-bond acceptors (Lipinski definition) is 6. The molecule has 234 valence electrons. The summed E-state index contributed by atoms with van der Waals surface area (Å²) in [4.78, 5) is 28.4. The summed E-state index contributed by atoms with van der Waals surface area (Å²) in [7, 11) is 1.98. The Bertz CT molecular complexity index is 1630. The van der Waals surface area contributed by atoms with Gasteiger partial charge in [-0.05, 0) is 77.7 Å². The van der Waals surface area contributed by atoms with Crippen molar-refractivity contribution >= 4 is 22.6 Å². The number of carboxylic acid groups (broad SMARTS) is 1. The second-order valence-electron chi connectivity index (χ2n) is 10.8. The maximum absolute atomic E-state index is 12.5. The highest BCUT2D eigenvalue weighted by atomic mass is 16.4. The van der Waals surface area contributed by atoms with Crippen molar-refractivity contribution in [2.45, 2.75) is 45.1 Å². The van der Waals surface area contributed by atoms with E-state index in [0.29, 0.717) is 44.6 Å². The van der Waals surface area contributed by atoms with Gasteiger partial charge >= 0.3 is 5.97 Å². The molecule has 3 aromatic carbocycles. The molecule has 0 aliphatic heterocycles. The minimum atomic E-state index is -1.03. The van der Waals surface area contributed by atoms with Crippen LogP contribution in [0, 0.1) is 0 Å². The number of rotatable bonds is 14. The van der Waals surface area contributed by atoms with E-state index in [1.54, 1.807) is 18.3 Å². The lowest BCUT2D eigenvalue weighted by Gasteiger charge is -2.15. The van der Waals surface area contributed by atoms with Gasteiger partial charge in [-0.3, -0.25) is 9.78 Å². The van der Waals surface area contributed by atoms with E-state index in [4.69, 9.17) is 5.73 Å². The molecule has 6 N–H and O–H groups in total. The largest absolute Gasteiger partial charge is 0.480 e. The Morgan fingerprint density at radius 3 is 2.36 bits per heavy atom. The van der Waals surface area contributed by atoms with Crippen LogP contribution in [0.25, 0.3) is 10.8 Å². The molecule has 0 radical (unpaired) electrons. The number of amides is 1. The summed E-state index contributed by atoms with van der Waals surface area (Å²) < 4.78 is 2.04. The number of nitrogens with one attached hydrogen (secondary N) is 3. The number of carbonyl (C=O) groups excluding carboxylic acids is 1. The third kappa shape index (κ3) is 10.4. The Morgan fingerprint density at radius 1 is 0.867 bits per heavy atom. The number of carboxylic acids is 1. The van der Waals surface area contributed by atoms with Crippen LogP contribution in [-0.2, 0) is 38.0 Å². The molecule has 2 heterocycles. The van der Waals surface area contributed by atoms with Crippen LogP contribution >= 0.6 is 0 Å². The van der Waals surface area contributed by atoms with Crippen molar-refractivity contribution < 1.29 is 14.7 Å². The predicted octanol–water partition coefficient (Wildman–Crippen LogP) is 4.76. The normalized spacial score (nSPS) is 11.4. The molecule has 0 saturated heterocycles. The van der Waals surface area contributed by atoms with Gasteiger partial charge in [0.1, 0.15) is 6.04 Å². The van der Waals surface area contributed by atoms with Gasteiger partial charge in [-0.1, -0.05) is 60.7 Å². The summed E-state index contributed by atoms with van der Waals surface area (Å²) in [5.74, 6) is -1.41. The van der Waals surface area contributed by atoms with E-state index in [2.05, 4.69) is 45.2 Å². The fraction of sp³-hybridized carbons (Fsp3) is 0.250. The Labute approximate surface area is 264 Å². The smallest absolute Gasteiger partial charge is 0.326 e. The Morgan fingerprint density at radius 2 is 1.64 bits per heavy atom. The average molecular weight is 607 g/mol. The second-order valence-corrected chi connectivity index (χ2v) is 10.8. The zero-order valence-electron chi connectivity index (χ0n) is 25.7. The summed E-state index contributed by atoms with van der Waals surface area (Å²) in [5, 5.41) is 21.3. The van der Waals surface area contributed by atoms with Crippen molar-refractivity contribution in [1.82, 2.24) is 25.5 Å². The SMILES string of the molecule is Cn1cccc1CNCCC[C@H](NC(=O)c1ccc(CNCc2ccccn2)cc1)C(=O)O.NCc1cccc2ccccc12. The molecule has 0 fully saturated rings. The van der Waals surface area contributed by atoms with Gasteiger partial charge < -0.3 is 31.4 Å². The molecule has 9 nitrogen and oxygen atoms in total. The summed E-state index contributed by atoms with van der Waals surface area (Å²) >= 11 is 0. The maximum atomic E-state index is 12.5. The van der Waals surface area contributed by atoms with E-state index < -0.39 is 12.0 Å². The fourth-order valence-corrected chi connectivity index (χ4v) is 4.91. The topological polar surface area (TPSA) is 134 Å². The molecule has 9 heteroatoms. The summed E-state index contributed by atoms with van der Waals surface area (Å²) in [6.07, 6.45) is 4.74. The lowest BCUT2D eigenvalue weighted by Crippen LogP contribution is -2.41. The van der Waals surface area contributed by atoms with Gasteiger partial charge in [0.25, 0.3) is 5.91 Å². The van der Waals surface area contributed by atoms with E-state index in [0.717, 1.165) is 23.5 Å². The monoisotopic (exact) mass is 606 g/mol. The number of carbonyl (C=O) groups is 2. The minimum absolute atomic E-state index is 0.358. The van der Waals surface area contributed by atoms with Crippen LogP contribution in [0.4, 0.5) is 0 Å². The van der Waals surface area contributed by atoms with Gasteiger partial charge in [0.2, 0.25) is 0 Å². The van der Waals surface area contributed by atoms with Crippen molar-refractivity contribution in [3.8, 4) is 0 Å². The van der Waals surface area contributed by atoms with E-state index in [1.165, 1.54) is 16.3 Å². The Balaban J connectivity index is 0.000000318. The molecule has 0 bridgehead atoms. The van der Waals surface area contributed by atoms with Gasteiger partial charge in [0, 0.05) is 56.9 Å². The van der Waals surface area contributed by atoms with E-state index in [9.17, 15) is 14.7 Å². The summed E-state index contributed by atoms with van der Waals surface area (Å²) in [6, 6.07) is 30.6. The lowest BCUT2D eigenvalue weighted by atomic mass is 10.1. The molecule has 0 spiro atoms. The van der Waals surface area contributed by atoms with Crippen LogP contribution in [-0.4, -0.2) is 39.1 Å². The minimum Gasteiger partial charge on any atom is -0.480 e. The zero-order valence-corrected chi connectivity index (χ0v) is 25.7. The maximum Gasteiger partial charge on any atom is 0.326 e. The lowest BCUT2D eigenvalue weighted by molar-refractivity contribution is -0.139. The number of nitrogens with two attached hydrogens (primary N) is 1. The summed E-state index contributed by atoms with van der Waals surface area (Å²) in [6.45, 7) is 3.30. The molecule has 45 heavy (non-hydrogen) atoms. The molecular formula is C36H42N6O3. The number of nitrogens with zero attached hydrogens (tertiary/aromatic N) is 2. The number of aryl methyl sites for hydroxylation is 1. The Kier molecular flexibility index (Phi) is 12.8. The first-order valence-corrected chi connectivity index (χ1v) is 15.2. The van der Waals surface area contributed by atoms with Crippen molar-refractivity contribution in [3.05, 3.63) is 138 Å². The molecule has 1 atom stereocenters. The summed E-state index contributed by atoms with van der Waals surface area (Å²) in [5.41, 5.74) is 10.4. The Hall–Kier alpha value is -4.83. The molecule has 5 rings (SSSR count). The molecule has 0 aliphatic carbocycles. The quantitative estimate of drug-likeness (QED) is 0.115. The van der Waals surface area contributed by atoms with Crippen molar-refractivity contribution in [1.29, 1.82) is 0 Å². The molecule has 5 aromatic rings. The standard InChI is InChI=1S/C25H31N5O3.C11H11N/c1-30-15-5-7-22(30)18-26-13-4-8-23(25(32)33)29-24(31)20-11-9-19(10-12-20)16-27-17-21-6-2-3-14-28-21;12-8-10-6-3-5-9-4-1-2-7-11(9)10/h2-3,5-7,9-12,14-15,23,26-27H,4,8,13,16-18H2,1H3,(H,29,31)(H,32,33);1-7H,8,12H2/t23-;/m0./s1. The van der Waals surface area contributed by atoms with Crippen LogP contribution in [0.3, 0.4) is 0 Å². The molecule has 2 aromatic heterocycles. The first-order valence-electron chi connectivity index (χ1n) is 15.2. The number of benzene rings is 3. The second kappa shape index (κ2) is 17.5. The van der Waals surface area contributed by atoms with Crippen LogP contribution in [0.2, 0.25) is 0 Å². The third-order valence-corrected chi connectivity index (χ3v) is 7.48. The van der Waals surface area contributed by atoms with Gasteiger partial charge in [0.15, 0.2) is 0 Å². The van der Waals surface area contributed by atoms with Crippen LogP contribution in [0.1, 0.15) is 45.7 Å². The van der Waals surface area contributed by atoms with Crippen LogP contribution in [0.5, 0.6) is 0 Å². The van der Waals surface area contributed by atoms with Gasteiger partial charge in [-0.2, -0.15) is 0 Å². The number of aromatic nitrogens is 2. The first-order chi connectivity index (χ1) is 21.9. The van der Waals surface area contributed by atoms with Gasteiger partial charge in [0.05, 0.1) is 5.69 Å². The van der Waals surface area contributed by atoms with Crippen LogP contribution in [0.15, 0.2) is 109 Å². The predicted molar refractivity (Wildman–Crippen MR) is 178 cm³/mol. The number of fused-ring (bicyclic) bond motifs is 1. The molecule has 0 aliphatic rings. The van der Waals surface area contributed by atoms with Gasteiger partial charge in [-0.15, -0.1) is 0 Å². The van der Waals surface area contributed by atoms with Crippen molar-refractivity contribution in [2.24, 2.45) is 12.8 Å². The van der Waals surface area contributed by atoms with E-state index >= 15 is 0 Å². The average Bonchev–Trinajstić information content (AvgIpc) is 3.48. The highest BCUT2D eigenvalue weighted by molar-refractivity contribution is 5.96. The van der Waals surface area contributed by atoms with Crippen LogP contribution < -0.4 is 21.7 Å². The fourth-order valence-electron chi connectivity index (χ4n) is 4.91. The number of hydrogen-bond donors (Lipinski definition) is 5. The highest BCUT2D eigenvalue weighted by Crippen LogP contribution is 2.17. The highest BCUT2D eigenvalue weighted by Gasteiger charge is 2.20. The molecular weight excluding hydrogens is 564 g/mol. The third-order valence-electron chi connectivity index (χ3n) is 7.48. The molecule has 0 saturated carbocycles. The van der Waals surface area contributed by atoms with Crippen molar-refractivity contribution in [3.63, 3.8) is 0 Å². The number of aliphatic carboxylic acids is 1. The van der Waals surface area contributed by atoms with E-state index in [-0.39, 0.29) is 5.91 Å². The molecule has 1 amide bonds. The van der Waals surface area contributed by atoms with E-state index in [1.807, 2.05) is 78.5 Å².